The van der Waals surface area contributed by atoms with Crippen LogP contribution in [0.3, 0.4) is 0 Å². The number of ether oxygens (including phenoxy) is 1. The van der Waals surface area contributed by atoms with Gasteiger partial charge in [0.1, 0.15) is 6.61 Å². The van der Waals surface area contributed by atoms with Crippen molar-refractivity contribution < 1.29 is 9.13 Å². The molecular formula is C17H14FN5OS. The molecule has 2 aromatic carbocycles. The average Bonchev–Trinajstić information content (AvgIpc) is 2.99. The standard InChI is InChI=1S/C17H14FN5OS/c18-14-3-1-2-4-15(14)24-10-16-21-22-17(23(16)20)25-11-13-7-5-12(9-19)6-8-13/h1-8H,10-11,20H2. The second-order valence-corrected chi connectivity index (χ2v) is 6.03. The van der Waals surface area contributed by atoms with E-state index in [1.165, 1.54) is 28.6 Å². The lowest BCUT2D eigenvalue weighted by Crippen LogP contribution is -2.16. The summed E-state index contributed by atoms with van der Waals surface area (Å²) in [6.07, 6.45) is 0. The predicted molar refractivity (Wildman–Crippen MR) is 91.6 cm³/mol. The third-order valence-electron chi connectivity index (χ3n) is 3.38. The Labute approximate surface area is 148 Å². The summed E-state index contributed by atoms with van der Waals surface area (Å²) in [6.45, 7) is 0.0157. The van der Waals surface area contributed by atoms with E-state index in [0.29, 0.717) is 22.3 Å². The van der Waals surface area contributed by atoms with Gasteiger partial charge in [-0.1, -0.05) is 36.0 Å². The van der Waals surface area contributed by atoms with Crippen molar-refractivity contribution in [3.05, 3.63) is 71.3 Å². The van der Waals surface area contributed by atoms with Crippen LogP contribution in [0.4, 0.5) is 4.39 Å². The van der Waals surface area contributed by atoms with Gasteiger partial charge in [-0.3, -0.25) is 0 Å². The number of nitrogen functional groups attached to an aromatic ring is 1. The van der Waals surface area contributed by atoms with Crippen molar-refractivity contribution in [3.8, 4) is 11.8 Å². The second kappa shape index (κ2) is 7.68. The first-order valence-corrected chi connectivity index (χ1v) is 8.34. The number of thioether (sulfide) groups is 1. The van der Waals surface area contributed by atoms with Crippen molar-refractivity contribution in [2.24, 2.45) is 0 Å². The predicted octanol–water partition coefficient (Wildman–Crippen LogP) is 2.87. The van der Waals surface area contributed by atoms with Gasteiger partial charge in [-0.25, -0.2) is 9.07 Å². The Balaban J connectivity index is 1.60. The Bertz CT molecular complexity index is 904. The van der Waals surface area contributed by atoms with Crippen LogP contribution >= 0.6 is 11.8 Å². The van der Waals surface area contributed by atoms with Crippen molar-refractivity contribution >= 4 is 11.8 Å². The summed E-state index contributed by atoms with van der Waals surface area (Å²) in [5.74, 6) is 6.69. The van der Waals surface area contributed by atoms with Gasteiger partial charge in [0.2, 0.25) is 5.16 Å². The number of nitriles is 1. The topological polar surface area (TPSA) is 89.8 Å². The zero-order valence-electron chi connectivity index (χ0n) is 13.1. The van der Waals surface area contributed by atoms with Crippen LogP contribution in [0, 0.1) is 17.1 Å². The maximum absolute atomic E-state index is 13.5. The molecule has 1 heterocycles. The second-order valence-electron chi connectivity index (χ2n) is 5.09. The van der Waals surface area contributed by atoms with Crippen molar-refractivity contribution in [1.82, 2.24) is 14.9 Å². The fourth-order valence-corrected chi connectivity index (χ4v) is 2.86. The van der Waals surface area contributed by atoms with Crippen LogP contribution in [0.5, 0.6) is 5.75 Å². The molecule has 0 aliphatic carbocycles. The van der Waals surface area contributed by atoms with Gasteiger partial charge in [-0.15, -0.1) is 10.2 Å². The van der Waals surface area contributed by atoms with E-state index < -0.39 is 5.82 Å². The van der Waals surface area contributed by atoms with E-state index in [1.54, 1.807) is 24.3 Å². The normalized spacial score (nSPS) is 10.4. The third-order valence-corrected chi connectivity index (χ3v) is 4.39. The van der Waals surface area contributed by atoms with E-state index in [2.05, 4.69) is 16.3 Å². The Morgan fingerprint density at radius 3 is 2.64 bits per heavy atom. The van der Waals surface area contributed by atoms with E-state index in [4.69, 9.17) is 15.8 Å². The van der Waals surface area contributed by atoms with E-state index in [0.717, 1.165) is 5.56 Å². The van der Waals surface area contributed by atoms with Crippen LogP contribution in [0.1, 0.15) is 17.0 Å². The lowest BCUT2D eigenvalue weighted by Gasteiger charge is -2.07. The van der Waals surface area contributed by atoms with Gasteiger partial charge in [0.25, 0.3) is 0 Å². The van der Waals surface area contributed by atoms with Gasteiger partial charge in [0.15, 0.2) is 17.4 Å². The first-order chi connectivity index (χ1) is 12.2. The fraction of sp³-hybridized carbons (Fsp3) is 0.118. The van der Waals surface area contributed by atoms with E-state index in [-0.39, 0.29) is 12.4 Å². The van der Waals surface area contributed by atoms with Gasteiger partial charge < -0.3 is 10.6 Å². The molecule has 6 nitrogen and oxygen atoms in total. The summed E-state index contributed by atoms with van der Waals surface area (Å²) in [7, 11) is 0. The highest BCUT2D eigenvalue weighted by Gasteiger charge is 2.12. The molecule has 0 spiro atoms. The van der Waals surface area contributed by atoms with Gasteiger partial charge in [0, 0.05) is 5.75 Å². The maximum Gasteiger partial charge on any atom is 0.210 e. The molecule has 3 aromatic rings. The van der Waals surface area contributed by atoms with Crippen molar-refractivity contribution in [2.45, 2.75) is 17.5 Å². The molecule has 0 aliphatic rings. The minimum absolute atomic E-state index is 0.0157. The molecular weight excluding hydrogens is 341 g/mol. The molecule has 0 atom stereocenters. The first kappa shape index (κ1) is 16.8. The lowest BCUT2D eigenvalue weighted by molar-refractivity contribution is 0.277. The monoisotopic (exact) mass is 355 g/mol. The van der Waals surface area contributed by atoms with Gasteiger partial charge in [-0.05, 0) is 29.8 Å². The van der Waals surface area contributed by atoms with Gasteiger partial charge >= 0.3 is 0 Å². The van der Waals surface area contributed by atoms with E-state index in [9.17, 15) is 4.39 Å². The molecule has 0 unspecified atom stereocenters. The minimum Gasteiger partial charge on any atom is -0.482 e. The van der Waals surface area contributed by atoms with Crippen LogP contribution in [0.15, 0.2) is 53.7 Å². The molecule has 2 N–H and O–H groups in total. The highest BCUT2D eigenvalue weighted by Crippen LogP contribution is 2.22. The fourth-order valence-electron chi connectivity index (χ4n) is 2.03. The zero-order chi connectivity index (χ0) is 17.6. The van der Waals surface area contributed by atoms with Crippen LogP contribution < -0.4 is 10.6 Å². The zero-order valence-corrected chi connectivity index (χ0v) is 13.9. The van der Waals surface area contributed by atoms with Crippen molar-refractivity contribution in [3.63, 3.8) is 0 Å². The molecule has 25 heavy (non-hydrogen) atoms. The Morgan fingerprint density at radius 1 is 1.16 bits per heavy atom. The summed E-state index contributed by atoms with van der Waals surface area (Å²) in [5.41, 5.74) is 1.65. The smallest absolute Gasteiger partial charge is 0.210 e. The number of benzene rings is 2. The maximum atomic E-state index is 13.5. The minimum atomic E-state index is -0.444. The molecule has 0 saturated carbocycles. The number of halogens is 1. The quantitative estimate of drug-likeness (QED) is 0.540. The molecule has 0 aliphatic heterocycles. The van der Waals surface area contributed by atoms with Crippen LogP contribution in [0.25, 0.3) is 0 Å². The molecule has 0 fully saturated rings. The summed E-state index contributed by atoms with van der Waals surface area (Å²) in [5, 5.41) is 17.3. The van der Waals surface area contributed by atoms with Gasteiger partial charge in [-0.2, -0.15) is 5.26 Å². The summed E-state index contributed by atoms with van der Waals surface area (Å²) in [6, 6.07) is 15.5. The molecule has 126 valence electrons. The third kappa shape index (κ3) is 4.08. The Kier molecular flexibility index (Phi) is 5.16. The molecule has 0 bridgehead atoms. The SMILES string of the molecule is N#Cc1ccc(CSc2nnc(COc3ccccc3F)n2N)cc1. The highest BCUT2D eigenvalue weighted by atomic mass is 32.2. The van der Waals surface area contributed by atoms with Crippen molar-refractivity contribution in [2.75, 3.05) is 5.84 Å². The molecule has 0 radical (unpaired) electrons. The molecule has 8 heteroatoms. The number of aromatic nitrogens is 3. The Hall–Kier alpha value is -3.05. The molecule has 0 saturated heterocycles. The van der Waals surface area contributed by atoms with Gasteiger partial charge in [0.05, 0.1) is 11.6 Å². The molecule has 3 rings (SSSR count). The number of hydrogen-bond acceptors (Lipinski definition) is 6. The number of nitrogens with two attached hydrogens (primary N) is 1. The van der Waals surface area contributed by atoms with Crippen LogP contribution in [-0.4, -0.2) is 14.9 Å². The Morgan fingerprint density at radius 2 is 1.92 bits per heavy atom. The number of nitrogens with zero attached hydrogens (tertiary/aromatic N) is 4. The highest BCUT2D eigenvalue weighted by molar-refractivity contribution is 7.98. The van der Waals surface area contributed by atoms with E-state index in [1.807, 2.05) is 12.1 Å². The van der Waals surface area contributed by atoms with Crippen LogP contribution in [0.2, 0.25) is 0 Å². The number of hydrogen-bond donors (Lipinski definition) is 1. The summed E-state index contributed by atoms with van der Waals surface area (Å²) < 4.78 is 20.3. The molecule has 0 amide bonds. The summed E-state index contributed by atoms with van der Waals surface area (Å²) >= 11 is 1.41. The van der Waals surface area contributed by atoms with E-state index >= 15 is 0 Å². The lowest BCUT2D eigenvalue weighted by atomic mass is 10.2. The first-order valence-electron chi connectivity index (χ1n) is 7.36. The average molecular weight is 355 g/mol. The molecule has 1 aromatic heterocycles. The largest absolute Gasteiger partial charge is 0.482 e. The number of para-hydroxylation sites is 1. The van der Waals surface area contributed by atoms with Crippen molar-refractivity contribution in [1.29, 1.82) is 5.26 Å². The number of rotatable bonds is 6. The van der Waals surface area contributed by atoms with Crippen LogP contribution in [-0.2, 0) is 12.4 Å². The summed E-state index contributed by atoms with van der Waals surface area (Å²) in [4.78, 5) is 0.